The number of aromatic nitrogens is 2. The Bertz CT molecular complexity index is 826. The molecule has 3 aromatic rings. The molecule has 0 fully saturated rings. The number of pyridine rings is 1. The van der Waals surface area contributed by atoms with Gasteiger partial charge in [-0.2, -0.15) is 0 Å². The zero-order valence-corrected chi connectivity index (χ0v) is 14.5. The van der Waals surface area contributed by atoms with Gasteiger partial charge in [-0.15, -0.1) is 11.3 Å². The van der Waals surface area contributed by atoms with Gasteiger partial charge in [0, 0.05) is 24.5 Å². The number of guanidine groups is 1. The van der Waals surface area contributed by atoms with E-state index in [1.165, 1.54) is 11.3 Å². The molecule has 0 amide bonds. The van der Waals surface area contributed by atoms with Crippen molar-refractivity contribution in [3.63, 3.8) is 0 Å². The molecule has 0 bridgehead atoms. The molecule has 3 rings (SSSR count). The Morgan fingerprint density at radius 2 is 1.79 bits per heavy atom. The summed E-state index contributed by atoms with van der Waals surface area (Å²) >= 11 is 1.53. The molecular formula is C18H19N5S. The van der Waals surface area contributed by atoms with E-state index in [1.807, 2.05) is 48.7 Å². The maximum absolute atomic E-state index is 4.73. The fourth-order valence-corrected chi connectivity index (χ4v) is 2.95. The summed E-state index contributed by atoms with van der Waals surface area (Å²) in [4.78, 5) is 13.5. The molecule has 2 N–H and O–H groups in total. The molecule has 0 aliphatic carbocycles. The van der Waals surface area contributed by atoms with E-state index in [2.05, 4.69) is 32.7 Å². The van der Waals surface area contributed by atoms with Crippen molar-refractivity contribution >= 4 is 22.4 Å². The molecule has 24 heavy (non-hydrogen) atoms. The van der Waals surface area contributed by atoms with Crippen LogP contribution in [0.5, 0.6) is 0 Å². The molecule has 2 aromatic heterocycles. The van der Waals surface area contributed by atoms with Crippen molar-refractivity contribution in [1.82, 2.24) is 15.3 Å². The number of hydrogen-bond donors (Lipinski definition) is 2. The first-order valence-electron chi connectivity index (χ1n) is 7.76. The highest BCUT2D eigenvalue weighted by Gasteiger charge is 2.08. The molecule has 2 heterocycles. The number of rotatable bonds is 4. The average Bonchev–Trinajstić information content (AvgIpc) is 3.11. The Kier molecular flexibility index (Phi) is 5.18. The number of hydrogen-bond acceptors (Lipinski definition) is 4. The Morgan fingerprint density at radius 3 is 2.54 bits per heavy atom. The maximum atomic E-state index is 4.73. The topological polar surface area (TPSA) is 62.2 Å². The molecule has 5 nitrogen and oxygen atoms in total. The van der Waals surface area contributed by atoms with Crippen molar-refractivity contribution in [3.8, 4) is 22.6 Å². The number of nitrogens with zero attached hydrogens (tertiary/aromatic N) is 3. The van der Waals surface area contributed by atoms with E-state index >= 15 is 0 Å². The first-order chi connectivity index (χ1) is 11.8. The van der Waals surface area contributed by atoms with Crippen LogP contribution in [-0.4, -0.2) is 29.5 Å². The predicted octanol–water partition coefficient (Wildman–Crippen LogP) is 3.88. The average molecular weight is 337 g/mol. The number of anilines is 1. The second kappa shape index (κ2) is 7.70. The molecule has 6 heteroatoms. The van der Waals surface area contributed by atoms with Crippen LogP contribution in [-0.2, 0) is 0 Å². The van der Waals surface area contributed by atoms with Crippen LogP contribution >= 0.6 is 11.3 Å². The summed E-state index contributed by atoms with van der Waals surface area (Å²) in [6, 6.07) is 16.1. The highest BCUT2D eigenvalue weighted by Crippen LogP contribution is 2.25. The van der Waals surface area contributed by atoms with Crippen molar-refractivity contribution in [2.45, 2.75) is 6.92 Å². The monoisotopic (exact) mass is 337 g/mol. The number of nitrogens with one attached hydrogen (secondary N) is 2. The second-order valence-corrected chi connectivity index (χ2v) is 5.90. The zero-order valence-electron chi connectivity index (χ0n) is 13.7. The molecule has 1 aromatic carbocycles. The van der Waals surface area contributed by atoms with Crippen molar-refractivity contribution in [2.24, 2.45) is 4.99 Å². The maximum Gasteiger partial charge on any atom is 0.197 e. The lowest BCUT2D eigenvalue weighted by molar-refractivity contribution is 0.957. The number of benzene rings is 1. The number of thiazole rings is 1. The van der Waals surface area contributed by atoms with Crippen LogP contribution in [0.25, 0.3) is 22.6 Å². The Hall–Kier alpha value is -2.73. The van der Waals surface area contributed by atoms with E-state index in [1.54, 1.807) is 7.05 Å². The molecule has 0 unspecified atom stereocenters. The van der Waals surface area contributed by atoms with Crippen LogP contribution in [0.4, 0.5) is 5.13 Å². The minimum atomic E-state index is 0.712. The third kappa shape index (κ3) is 3.78. The first-order valence-corrected chi connectivity index (χ1v) is 8.64. The van der Waals surface area contributed by atoms with Crippen LogP contribution in [0.2, 0.25) is 0 Å². The summed E-state index contributed by atoms with van der Waals surface area (Å²) in [6.45, 7) is 2.83. The lowest BCUT2D eigenvalue weighted by Gasteiger charge is -2.06. The minimum Gasteiger partial charge on any atom is -0.356 e. The van der Waals surface area contributed by atoms with Crippen LogP contribution in [0.1, 0.15) is 6.92 Å². The third-order valence-corrected chi connectivity index (χ3v) is 4.14. The Balaban J connectivity index is 1.83. The van der Waals surface area contributed by atoms with Gasteiger partial charge in [0.25, 0.3) is 0 Å². The molecular weight excluding hydrogens is 318 g/mol. The molecule has 0 radical (unpaired) electrons. The standard InChI is InChI=1S/C18H19N5S/c1-3-20-17(19-2)23-18-22-16(12-24-18)15-11-7-10-14(21-15)13-8-5-4-6-9-13/h4-12H,3H2,1-2H3,(H2,19,20,22,23). The van der Waals surface area contributed by atoms with Gasteiger partial charge >= 0.3 is 0 Å². The van der Waals surface area contributed by atoms with Crippen LogP contribution in [0, 0.1) is 0 Å². The molecule has 0 aliphatic rings. The van der Waals surface area contributed by atoms with Gasteiger partial charge in [0.1, 0.15) is 5.69 Å². The summed E-state index contributed by atoms with van der Waals surface area (Å²) in [6.07, 6.45) is 0. The fraction of sp³-hybridized carbons (Fsp3) is 0.167. The van der Waals surface area contributed by atoms with Crippen molar-refractivity contribution in [3.05, 3.63) is 53.9 Å². The zero-order chi connectivity index (χ0) is 16.8. The van der Waals surface area contributed by atoms with Gasteiger partial charge in [-0.1, -0.05) is 36.4 Å². The van der Waals surface area contributed by atoms with Gasteiger partial charge in [-0.25, -0.2) is 9.97 Å². The van der Waals surface area contributed by atoms with Crippen LogP contribution in [0.15, 0.2) is 58.9 Å². The summed E-state index contributed by atoms with van der Waals surface area (Å²) in [7, 11) is 1.74. The molecule has 0 saturated carbocycles. The molecule has 122 valence electrons. The van der Waals surface area contributed by atoms with Crippen LogP contribution in [0.3, 0.4) is 0 Å². The number of aliphatic imine (C=N–C) groups is 1. The van der Waals surface area contributed by atoms with Gasteiger partial charge < -0.3 is 10.6 Å². The van der Waals surface area contributed by atoms with Gasteiger partial charge in [0.15, 0.2) is 11.1 Å². The van der Waals surface area contributed by atoms with Crippen molar-refractivity contribution < 1.29 is 0 Å². The summed E-state index contributed by atoms with van der Waals surface area (Å²) in [5.41, 5.74) is 3.76. The summed E-state index contributed by atoms with van der Waals surface area (Å²) < 4.78 is 0. The molecule has 0 atom stereocenters. The molecule has 0 spiro atoms. The van der Waals surface area contributed by atoms with E-state index < -0.39 is 0 Å². The SMILES string of the molecule is CCNC(=NC)Nc1nc(-c2cccc(-c3ccccc3)n2)cs1. The van der Waals surface area contributed by atoms with Crippen molar-refractivity contribution in [1.29, 1.82) is 0 Å². The molecule has 0 aliphatic heterocycles. The van der Waals surface area contributed by atoms with E-state index in [0.29, 0.717) is 5.96 Å². The largest absolute Gasteiger partial charge is 0.356 e. The smallest absolute Gasteiger partial charge is 0.197 e. The quantitative estimate of drug-likeness (QED) is 0.560. The van der Waals surface area contributed by atoms with Gasteiger partial charge in [0.05, 0.1) is 11.4 Å². The van der Waals surface area contributed by atoms with Crippen molar-refractivity contribution in [2.75, 3.05) is 18.9 Å². The van der Waals surface area contributed by atoms with Gasteiger partial charge in [0.2, 0.25) is 0 Å². The third-order valence-electron chi connectivity index (χ3n) is 3.38. The Labute approximate surface area is 145 Å². The predicted molar refractivity (Wildman–Crippen MR) is 101 cm³/mol. The lowest BCUT2D eigenvalue weighted by Crippen LogP contribution is -2.30. The van der Waals surface area contributed by atoms with E-state index in [4.69, 9.17) is 4.98 Å². The first kappa shape index (κ1) is 16.1. The van der Waals surface area contributed by atoms with E-state index in [-0.39, 0.29) is 0 Å². The van der Waals surface area contributed by atoms with Gasteiger partial charge in [-0.3, -0.25) is 4.99 Å². The fourth-order valence-electron chi connectivity index (χ4n) is 2.24. The minimum absolute atomic E-state index is 0.712. The second-order valence-electron chi connectivity index (χ2n) is 5.04. The van der Waals surface area contributed by atoms with Gasteiger partial charge in [-0.05, 0) is 19.1 Å². The van der Waals surface area contributed by atoms with Crippen LogP contribution < -0.4 is 10.6 Å². The molecule has 0 saturated heterocycles. The lowest BCUT2D eigenvalue weighted by atomic mass is 10.1. The Morgan fingerprint density at radius 1 is 1.00 bits per heavy atom. The highest BCUT2D eigenvalue weighted by atomic mass is 32.1. The summed E-state index contributed by atoms with van der Waals surface area (Å²) in [5, 5.41) is 9.12. The van der Waals surface area contributed by atoms with E-state index in [0.717, 1.165) is 34.3 Å². The van der Waals surface area contributed by atoms with E-state index in [9.17, 15) is 0 Å². The normalized spacial score (nSPS) is 11.3. The highest BCUT2D eigenvalue weighted by molar-refractivity contribution is 7.14. The summed E-state index contributed by atoms with van der Waals surface area (Å²) in [5.74, 6) is 0.712.